The molecule has 0 saturated carbocycles. The van der Waals surface area contributed by atoms with Gasteiger partial charge < -0.3 is 5.32 Å². The van der Waals surface area contributed by atoms with Gasteiger partial charge in [0.1, 0.15) is 0 Å². The normalized spacial score (nSPS) is 22.3. The Bertz CT molecular complexity index is 316. The van der Waals surface area contributed by atoms with Gasteiger partial charge in [-0.05, 0) is 78.1 Å². The van der Waals surface area contributed by atoms with E-state index in [-0.39, 0.29) is 0 Å². The average molecular weight is 301 g/mol. The number of benzene rings is 1. The van der Waals surface area contributed by atoms with Crippen molar-refractivity contribution < 1.29 is 0 Å². The van der Waals surface area contributed by atoms with E-state index in [1.165, 1.54) is 34.1 Å². The summed E-state index contributed by atoms with van der Waals surface area (Å²) in [5, 5.41) is 3.47. The minimum absolute atomic E-state index is 0.737. The predicted octanol–water partition coefficient (Wildman–Crippen LogP) is 3.07. The van der Waals surface area contributed by atoms with Crippen molar-refractivity contribution in [2.45, 2.75) is 25.7 Å². The quantitative estimate of drug-likeness (QED) is 0.786. The van der Waals surface area contributed by atoms with E-state index in [4.69, 9.17) is 0 Å². The molecule has 1 aromatic carbocycles. The molecule has 2 heteroatoms. The van der Waals surface area contributed by atoms with Gasteiger partial charge in [0.2, 0.25) is 0 Å². The Kier molecular flexibility index (Phi) is 3.44. The maximum absolute atomic E-state index is 3.47. The Hall–Kier alpha value is -0.0900. The summed E-state index contributed by atoms with van der Waals surface area (Å²) in [4.78, 5) is 0. The monoisotopic (exact) mass is 301 g/mol. The van der Waals surface area contributed by atoms with Crippen LogP contribution in [0.4, 0.5) is 0 Å². The van der Waals surface area contributed by atoms with Crippen LogP contribution in [0.5, 0.6) is 0 Å². The van der Waals surface area contributed by atoms with Gasteiger partial charge in [0.05, 0.1) is 0 Å². The van der Waals surface area contributed by atoms with Crippen molar-refractivity contribution >= 4 is 22.6 Å². The molecular formula is C12H16IN. The summed E-state index contributed by atoms with van der Waals surface area (Å²) in [5.41, 5.74) is 2.99. The van der Waals surface area contributed by atoms with Crippen molar-refractivity contribution in [3.63, 3.8) is 0 Å². The van der Waals surface area contributed by atoms with Gasteiger partial charge in [0.15, 0.2) is 0 Å². The fraction of sp³-hybridized carbons (Fsp3) is 0.500. The number of aryl methyl sites for hydroxylation is 1. The third-order valence-corrected chi connectivity index (χ3v) is 3.64. The van der Waals surface area contributed by atoms with Crippen LogP contribution in [0.1, 0.15) is 29.9 Å². The first-order valence-electron chi connectivity index (χ1n) is 5.24. The van der Waals surface area contributed by atoms with E-state index in [1.54, 1.807) is 0 Å². The maximum atomic E-state index is 3.47. The van der Waals surface area contributed by atoms with Crippen LogP contribution >= 0.6 is 22.6 Å². The van der Waals surface area contributed by atoms with Crippen molar-refractivity contribution in [1.82, 2.24) is 5.32 Å². The van der Waals surface area contributed by atoms with Crippen LogP contribution in [0.15, 0.2) is 18.2 Å². The summed E-state index contributed by atoms with van der Waals surface area (Å²) in [5.74, 6) is 0.737. The molecule has 1 nitrogen and oxygen atoms in total. The van der Waals surface area contributed by atoms with Gasteiger partial charge >= 0.3 is 0 Å². The van der Waals surface area contributed by atoms with Crippen molar-refractivity contribution in [2.75, 3.05) is 13.1 Å². The van der Waals surface area contributed by atoms with E-state index in [0.29, 0.717) is 0 Å². The van der Waals surface area contributed by atoms with Gasteiger partial charge in [-0.2, -0.15) is 0 Å². The highest BCUT2D eigenvalue weighted by atomic mass is 127. The SMILES string of the molecule is Cc1cc(I)ccc1C1CCCNC1. The molecule has 1 unspecified atom stereocenters. The molecule has 0 amide bonds. The standard InChI is InChI=1S/C12H16IN/c1-9-7-11(13)4-5-12(9)10-3-2-6-14-8-10/h4-5,7,10,14H,2-3,6,8H2,1H3. The van der Waals surface area contributed by atoms with Crippen LogP contribution in [-0.4, -0.2) is 13.1 Å². The number of nitrogens with one attached hydrogen (secondary N) is 1. The summed E-state index contributed by atoms with van der Waals surface area (Å²) in [6, 6.07) is 6.80. The minimum atomic E-state index is 0.737. The fourth-order valence-electron chi connectivity index (χ4n) is 2.21. The minimum Gasteiger partial charge on any atom is -0.316 e. The Balaban J connectivity index is 2.22. The van der Waals surface area contributed by atoms with Crippen LogP contribution in [-0.2, 0) is 0 Å². The van der Waals surface area contributed by atoms with Crippen molar-refractivity contribution in [1.29, 1.82) is 0 Å². The Morgan fingerprint density at radius 1 is 1.43 bits per heavy atom. The molecule has 1 saturated heterocycles. The van der Waals surface area contributed by atoms with Crippen LogP contribution in [0, 0.1) is 10.5 Å². The number of halogens is 1. The highest BCUT2D eigenvalue weighted by Gasteiger charge is 2.16. The van der Waals surface area contributed by atoms with E-state index < -0.39 is 0 Å². The molecule has 2 rings (SSSR count). The first-order valence-corrected chi connectivity index (χ1v) is 6.32. The second kappa shape index (κ2) is 4.62. The molecule has 0 radical (unpaired) electrons. The second-order valence-corrected chi connectivity index (χ2v) is 5.29. The zero-order chi connectivity index (χ0) is 9.97. The predicted molar refractivity (Wildman–Crippen MR) is 68.7 cm³/mol. The topological polar surface area (TPSA) is 12.0 Å². The zero-order valence-electron chi connectivity index (χ0n) is 8.52. The summed E-state index contributed by atoms with van der Waals surface area (Å²) >= 11 is 2.38. The van der Waals surface area contributed by atoms with E-state index >= 15 is 0 Å². The van der Waals surface area contributed by atoms with E-state index in [2.05, 4.69) is 53.0 Å². The summed E-state index contributed by atoms with van der Waals surface area (Å²) in [7, 11) is 0. The van der Waals surface area contributed by atoms with Crippen molar-refractivity contribution in [2.24, 2.45) is 0 Å². The van der Waals surface area contributed by atoms with Gasteiger partial charge in [0, 0.05) is 10.1 Å². The average Bonchev–Trinajstić information content (AvgIpc) is 2.19. The molecule has 0 bridgehead atoms. The zero-order valence-corrected chi connectivity index (χ0v) is 10.7. The molecule has 14 heavy (non-hydrogen) atoms. The maximum Gasteiger partial charge on any atom is 0.0133 e. The lowest BCUT2D eigenvalue weighted by Gasteiger charge is -2.24. The van der Waals surface area contributed by atoms with Gasteiger partial charge in [0.25, 0.3) is 0 Å². The molecule has 76 valence electrons. The highest BCUT2D eigenvalue weighted by molar-refractivity contribution is 14.1. The number of hydrogen-bond acceptors (Lipinski definition) is 1. The Morgan fingerprint density at radius 3 is 2.93 bits per heavy atom. The number of hydrogen-bond donors (Lipinski definition) is 1. The van der Waals surface area contributed by atoms with E-state index in [9.17, 15) is 0 Å². The van der Waals surface area contributed by atoms with Crippen LogP contribution in [0.3, 0.4) is 0 Å². The largest absolute Gasteiger partial charge is 0.316 e. The van der Waals surface area contributed by atoms with E-state index in [0.717, 1.165) is 12.5 Å². The smallest absolute Gasteiger partial charge is 0.0133 e. The molecule has 0 aromatic heterocycles. The number of rotatable bonds is 1. The lowest BCUT2D eigenvalue weighted by Crippen LogP contribution is -2.28. The van der Waals surface area contributed by atoms with Crippen LogP contribution in [0.25, 0.3) is 0 Å². The molecule has 1 fully saturated rings. The Morgan fingerprint density at radius 2 is 2.29 bits per heavy atom. The lowest BCUT2D eigenvalue weighted by atomic mass is 9.89. The first-order chi connectivity index (χ1) is 6.77. The summed E-state index contributed by atoms with van der Waals surface area (Å²) < 4.78 is 1.34. The van der Waals surface area contributed by atoms with Gasteiger partial charge in [-0.25, -0.2) is 0 Å². The molecule has 0 aliphatic carbocycles. The van der Waals surface area contributed by atoms with Gasteiger partial charge in [-0.3, -0.25) is 0 Å². The number of piperidine rings is 1. The lowest BCUT2D eigenvalue weighted by molar-refractivity contribution is 0.460. The van der Waals surface area contributed by atoms with Gasteiger partial charge in [-0.1, -0.05) is 6.07 Å². The Labute approximate surface area is 99.4 Å². The summed E-state index contributed by atoms with van der Waals surface area (Å²) in [6.07, 6.45) is 2.66. The molecule has 1 aromatic rings. The van der Waals surface area contributed by atoms with Crippen LogP contribution in [0.2, 0.25) is 0 Å². The highest BCUT2D eigenvalue weighted by Crippen LogP contribution is 2.26. The molecule has 1 aliphatic rings. The third kappa shape index (κ3) is 2.28. The summed E-state index contributed by atoms with van der Waals surface area (Å²) in [6.45, 7) is 4.58. The second-order valence-electron chi connectivity index (χ2n) is 4.04. The van der Waals surface area contributed by atoms with Crippen molar-refractivity contribution in [3.05, 3.63) is 32.9 Å². The molecule has 0 spiro atoms. The van der Waals surface area contributed by atoms with Crippen molar-refractivity contribution in [3.8, 4) is 0 Å². The fourth-order valence-corrected chi connectivity index (χ4v) is 2.86. The van der Waals surface area contributed by atoms with Gasteiger partial charge in [-0.15, -0.1) is 0 Å². The third-order valence-electron chi connectivity index (χ3n) is 2.97. The molecule has 1 aliphatic heterocycles. The first kappa shape index (κ1) is 10.4. The molecule has 1 atom stereocenters. The van der Waals surface area contributed by atoms with Crippen LogP contribution < -0.4 is 5.32 Å². The molecular weight excluding hydrogens is 285 g/mol. The molecule has 1 N–H and O–H groups in total. The molecule has 1 heterocycles. The van der Waals surface area contributed by atoms with E-state index in [1.807, 2.05) is 0 Å².